The van der Waals surface area contributed by atoms with Crippen molar-refractivity contribution < 1.29 is 4.74 Å². The maximum Gasteiger partial charge on any atom is 0.219 e. The Labute approximate surface area is 125 Å². The standard InChI is InChI=1S/C14H21N3O.BrH/c1-10-5-6-11(2)17(10)13-9-15-8-12-4-3-7-16-14(12)18-13;/h3-4,7,10-11,13,15H,5-6,8-9H2,1-2H3;1H. The lowest BCUT2D eigenvalue weighted by Crippen LogP contribution is -2.49. The molecule has 1 N–H and O–H groups in total. The molecule has 0 saturated carbocycles. The van der Waals surface area contributed by atoms with Gasteiger partial charge in [0.05, 0.1) is 0 Å². The number of fused-ring (bicyclic) bond motifs is 1. The van der Waals surface area contributed by atoms with E-state index in [9.17, 15) is 0 Å². The first-order chi connectivity index (χ1) is 8.75. The number of hydrogen-bond acceptors (Lipinski definition) is 4. The molecular weight excluding hydrogens is 306 g/mol. The Hall–Kier alpha value is -0.650. The quantitative estimate of drug-likeness (QED) is 0.859. The second-order valence-corrected chi connectivity index (χ2v) is 5.39. The Balaban J connectivity index is 0.00000133. The lowest BCUT2D eigenvalue weighted by atomic mass is 10.2. The molecule has 0 aromatic carbocycles. The van der Waals surface area contributed by atoms with E-state index in [0.29, 0.717) is 12.1 Å². The first kappa shape index (κ1) is 14.8. The minimum atomic E-state index is 0. The number of halogens is 1. The largest absolute Gasteiger partial charge is 0.457 e. The van der Waals surface area contributed by atoms with Crippen molar-refractivity contribution in [3.63, 3.8) is 0 Å². The molecule has 1 fully saturated rings. The molecule has 1 aromatic rings. The van der Waals surface area contributed by atoms with Crippen LogP contribution in [-0.2, 0) is 6.54 Å². The Morgan fingerprint density at radius 2 is 2.05 bits per heavy atom. The van der Waals surface area contributed by atoms with E-state index in [0.717, 1.165) is 24.5 Å². The minimum Gasteiger partial charge on any atom is -0.457 e. The van der Waals surface area contributed by atoms with Crippen molar-refractivity contribution >= 4 is 17.0 Å². The number of pyridine rings is 1. The van der Waals surface area contributed by atoms with Gasteiger partial charge in [-0.05, 0) is 32.8 Å². The smallest absolute Gasteiger partial charge is 0.219 e. The Bertz CT molecular complexity index is 419. The van der Waals surface area contributed by atoms with Crippen LogP contribution in [0, 0.1) is 0 Å². The number of aromatic nitrogens is 1. The van der Waals surface area contributed by atoms with Crippen LogP contribution in [0.25, 0.3) is 0 Å². The zero-order valence-electron chi connectivity index (χ0n) is 11.5. The van der Waals surface area contributed by atoms with Gasteiger partial charge in [-0.25, -0.2) is 4.98 Å². The van der Waals surface area contributed by atoms with Gasteiger partial charge in [0.2, 0.25) is 5.88 Å². The fraction of sp³-hybridized carbons (Fsp3) is 0.643. The van der Waals surface area contributed by atoms with Crippen LogP contribution < -0.4 is 10.1 Å². The SMILES string of the molecule is Br.CC1CCC(C)N1C1CNCc2cccnc2O1. The molecule has 0 aliphatic carbocycles. The van der Waals surface area contributed by atoms with E-state index >= 15 is 0 Å². The number of likely N-dealkylation sites (tertiary alicyclic amines) is 1. The molecule has 1 aromatic heterocycles. The fourth-order valence-corrected chi connectivity index (χ4v) is 3.11. The molecule has 2 aliphatic heterocycles. The maximum atomic E-state index is 6.13. The van der Waals surface area contributed by atoms with Crippen LogP contribution in [0.15, 0.2) is 18.3 Å². The van der Waals surface area contributed by atoms with E-state index < -0.39 is 0 Å². The van der Waals surface area contributed by atoms with Crippen LogP contribution >= 0.6 is 17.0 Å². The highest BCUT2D eigenvalue weighted by Crippen LogP contribution is 2.28. The van der Waals surface area contributed by atoms with Gasteiger partial charge in [-0.1, -0.05) is 6.07 Å². The van der Waals surface area contributed by atoms with Crippen LogP contribution in [0.3, 0.4) is 0 Å². The third kappa shape index (κ3) is 2.93. The van der Waals surface area contributed by atoms with Gasteiger partial charge >= 0.3 is 0 Å². The van der Waals surface area contributed by atoms with Gasteiger partial charge in [0.15, 0.2) is 6.23 Å². The molecular formula is C14H22BrN3O. The third-order valence-corrected chi connectivity index (χ3v) is 4.08. The van der Waals surface area contributed by atoms with Crippen LogP contribution in [0.5, 0.6) is 5.88 Å². The molecule has 3 unspecified atom stereocenters. The molecule has 0 amide bonds. The van der Waals surface area contributed by atoms with Crippen LogP contribution in [0.1, 0.15) is 32.3 Å². The molecule has 0 radical (unpaired) electrons. The van der Waals surface area contributed by atoms with E-state index in [4.69, 9.17) is 4.74 Å². The number of ether oxygens (including phenoxy) is 1. The number of nitrogens with zero attached hydrogens (tertiary/aromatic N) is 2. The molecule has 5 heteroatoms. The molecule has 3 heterocycles. The molecule has 0 spiro atoms. The lowest BCUT2D eigenvalue weighted by Gasteiger charge is -2.33. The molecule has 1 saturated heterocycles. The first-order valence-electron chi connectivity index (χ1n) is 6.84. The van der Waals surface area contributed by atoms with Gasteiger partial charge < -0.3 is 10.1 Å². The van der Waals surface area contributed by atoms with Gasteiger partial charge in [-0.3, -0.25) is 4.90 Å². The predicted octanol–water partition coefficient (Wildman–Crippen LogP) is 2.34. The first-order valence-corrected chi connectivity index (χ1v) is 6.84. The van der Waals surface area contributed by atoms with Crippen molar-refractivity contribution in [3.05, 3.63) is 23.9 Å². The normalized spacial score (nSPS) is 30.9. The fourth-order valence-electron chi connectivity index (χ4n) is 3.11. The number of hydrogen-bond donors (Lipinski definition) is 1. The summed E-state index contributed by atoms with van der Waals surface area (Å²) in [5.41, 5.74) is 1.15. The van der Waals surface area contributed by atoms with E-state index in [1.807, 2.05) is 6.07 Å². The third-order valence-electron chi connectivity index (χ3n) is 4.08. The average Bonchev–Trinajstić information content (AvgIpc) is 2.61. The minimum absolute atomic E-state index is 0. The summed E-state index contributed by atoms with van der Waals surface area (Å²) in [6, 6.07) is 5.23. The van der Waals surface area contributed by atoms with Crippen LogP contribution in [0.2, 0.25) is 0 Å². The van der Waals surface area contributed by atoms with Crippen molar-refractivity contribution in [1.82, 2.24) is 15.2 Å². The van der Waals surface area contributed by atoms with Crippen molar-refractivity contribution in [1.29, 1.82) is 0 Å². The van der Waals surface area contributed by atoms with E-state index in [1.165, 1.54) is 12.8 Å². The second kappa shape index (κ2) is 6.20. The summed E-state index contributed by atoms with van der Waals surface area (Å²) in [5.74, 6) is 0.791. The van der Waals surface area contributed by atoms with E-state index in [1.54, 1.807) is 6.20 Å². The monoisotopic (exact) mass is 327 g/mol. The zero-order valence-corrected chi connectivity index (χ0v) is 13.2. The number of nitrogens with one attached hydrogen (secondary N) is 1. The van der Waals surface area contributed by atoms with Crippen LogP contribution in [-0.4, -0.2) is 34.7 Å². The van der Waals surface area contributed by atoms with E-state index in [2.05, 4.69) is 35.1 Å². The highest BCUT2D eigenvalue weighted by molar-refractivity contribution is 8.93. The lowest BCUT2D eigenvalue weighted by molar-refractivity contribution is -0.000838. The van der Waals surface area contributed by atoms with Gasteiger partial charge in [0.1, 0.15) is 0 Å². The summed E-state index contributed by atoms with van der Waals surface area (Å²) >= 11 is 0. The molecule has 2 aliphatic rings. The van der Waals surface area contributed by atoms with Crippen molar-refractivity contribution in [2.45, 2.75) is 51.5 Å². The molecule has 19 heavy (non-hydrogen) atoms. The molecule has 3 atom stereocenters. The molecule has 3 rings (SSSR count). The summed E-state index contributed by atoms with van der Waals surface area (Å²) in [5, 5.41) is 3.46. The summed E-state index contributed by atoms with van der Waals surface area (Å²) in [6.45, 7) is 6.29. The second-order valence-electron chi connectivity index (χ2n) is 5.39. The number of rotatable bonds is 1. The topological polar surface area (TPSA) is 37.4 Å². The summed E-state index contributed by atoms with van der Waals surface area (Å²) in [4.78, 5) is 6.85. The van der Waals surface area contributed by atoms with E-state index in [-0.39, 0.29) is 23.2 Å². The molecule has 4 nitrogen and oxygen atoms in total. The molecule has 0 bridgehead atoms. The summed E-state index contributed by atoms with van der Waals surface area (Å²) in [6.07, 6.45) is 4.43. The zero-order chi connectivity index (χ0) is 12.5. The summed E-state index contributed by atoms with van der Waals surface area (Å²) in [7, 11) is 0. The van der Waals surface area contributed by atoms with Crippen molar-refractivity contribution in [2.75, 3.05) is 6.54 Å². The molecule has 106 valence electrons. The van der Waals surface area contributed by atoms with Crippen molar-refractivity contribution in [3.8, 4) is 5.88 Å². The average molecular weight is 328 g/mol. The van der Waals surface area contributed by atoms with Crippen molar-refractivity contribution in [2.24, 2.45) is 0 Å². The maximum absolute atomic E-state index is 6.13. The Morgan fingerprint density at radius 3 is 2.79 bits per heavy atom. The Morgan fingerprint density at radius 1 is 1.32 bits per heavy atom. The van der Waals surface area contributed by atoms with Gasteiger partial charge in [0, 0.05) is 36.9 Å². The highest BCUT2D eigenvalue weighted by Gasteiger charge is 2.35. The van der Waals surface area contributed by atoms with Gasteiger partial charge in [-0.15, -0.1) is 17.0 Å². The summed E-state index contributed by atoms with van der Waals surface area (Å²) < 4.78 is 6.13. The van der Waals surface area contributed by atoms with Gasteiger partial charge in [0.25, 0.3) is 0 Å². The van der Waals surface area contributed by atoms with Gasteiger partial charge in [-0.2, -0.15) is 0 Å². The predicted molar refractivity (Wildman–Crippen MR) is 80.7 cm³/mol. The highest BCUT2D eigenvalue weighted by atomic mass is 79.9. The van der Waals surface area contributed by atoms with Crippen LogP contribution in [0.4, 0.5) is 0 Å². The Kier molecular flexibility index (Phi) is 4.81.